The highest BCUT2D eigenvalue weighted by Crippen LogP contribution is 2.54. The first-order valence-corrected chi connectivity index (χ1v) is 13.9. The third-order valence-corrected chi connectivity index (χ3v) is 9.03. The van der Waals surface area contributed by atoms with Crippen LogP contribution in [0.3, 0.4) is 0 Å². The lowest BCUT2D eigenvalue weighted by atomic mass is 9.81. The monoisotopic (exact) mass is 499 g/mol. The van der Waals surface area contributed by atoms with Gasteiger partial charge in [0.15, 0.2) is 0 Å². The number of fused-ring (bicyclic) bond motifs is 11. The van der Waals surface area contributed by atoms with Gasteiger partial charge >= 0.3 is 0 Å². The fraction of sp³-hybridized carbons (Fsp3) is 0.132. The van der Waals surface area contributed by atoms with Crippen LogP contribution in [0, 0.1) is 0 Å². The van der Waals surface area contributed by atoms with E-state index in [1.165, 1.54) is 76.5 Å². The maximum Gasteiger partial charge on any atom is 0.0708 e. The van der Waals surface area contributed by atoms with E-state index in [1.807, 2.05) is 6.20 Å². The van der Waals surface area contributed by atoms with Crippen molar-refractivity contribution in [1.29, 1.82) is 0 Å². The van der Waals surface area contributed by atoms with Crippen molar-refractivity contribution in [3.8, 4) is 22.4 Å². The van der Waals surface area contributed by atoms with Crippen LogP contribution in [0.2, 0.25) is 0 Å². The lowest BCUT2D eigenvalue weighted by Gasteiger charge is -2.22. The molecular weight excluding hydrogens is 470 g/mol. The van der Waals surface area contributed by atoms with Gasteiger partial charge in [-0.15, -0.1) is 0 Å². The minimum Gasteiger partial charge on any atom is -0.256 e. The Morgan fingerprint density at radius 3 is 2.05 bits per heavy atom. The van der Waals surface area contributed by atoms with Crippen LogP contribution in [0.25, 0.3) is 65.5 Å². The second-order valence-electron chi connectivity index (χ2n) is 11.5. The van der Waals surface area contributed by atoms with Crippen molar-refractivity contribution in [1.82, 2.24) is 4.98 Å². The van der Waals surface area contributed by atoms with Crippen molar-refractivity contribution in [2.75, 3.05) is 0 Å². The highest BCUT2D eigenvalue weighted by atomic mass is 14.7. The Labute approximate surface area is 228 Å². The van der Waals surface area contributed by atoms with Crippen LogP contribution in [0.1, 0.15) is 37.5 Å². The summed E-state index contributed by atoms with van der Waals surface area (Å²) in [6.45, 7) is 6.95. The molecule has 1 heteroatoms. The molecule has 0 N–H and O–H groups in total. The quantitative estimate of drug-likeness (QED) is 0.216. The minimum atomic E-state index is -0.103. The van der Waals surface area contributed by atoms with Gasteiger partial charge in [-0.3, -0.25) is 4.98 Å². The van der Waals surface area contributed by atoms with Gasteiger partial charge in [0, 0.05) is 22.6 Å². The summed E-state index contributed by atoms with van der Waals surface area (Å²) < 4.78 is 0. The summed E-state index contributed by atoms with van der Waals surface area (Å²) in [7, 11) is 0. The Morgan fingerprint density at radius 2 is 1.31 bits per heavy atom. The summed E-state index contributed by atoms with van der Waals surface area (Å²) in [4.78, 5) is 4.88. The predicted molar refractivity (Wildman–Crippen MR) is 167 cm³/mol. The zero-order valence-electron chi connectivity index (χ0n) is 22.5. The molecule has 1 aliphatic carbocycles. The third-order valence-electron chi connectivity index (χ3n) is 9.03. The summed E-state index contributed by atoms with van der Waals surface area (Å²) >= 11 is 0. The van der Waals surface area contributed by atoms with Gasteiger partial charge in [0.25, 0.3) is 0 Å². The molecule has 0 bridgehead atoms. The normalized spacial score (nSPS) is 13.8. The number of hydrogen-bond donors (Lipinski definition) is 0. The van der Waals surface area contributed by atoms with Gasteiger partial charge in [0.05, 0.1) is 5.69 Å². The first-order chi connectivity index (χ1) is 19.0. The Bertz CT molecular complexity index is 2090. The van der Waals surface area contributed by atoms with E-state index in [0.717, 1.165) is 12.1 Å². The average Bonchev–Trinajstić information content (AvgIpc) is 3.22. The maximum atomic E-state index is 4.88. The zero-order chi connectivity index (χ0) is 26.3. The number of nitrogens with zero attached hydrogens (tertiary/aromatic N) is 1. The van der Waals surface area contributed by atoms with Gasteiger partial charge < -0.3 is 0 Å². The molecule has 0 unspecified atom stereocenters. The summed E-state index contributed by atoms with van der Waals surface area (Å²) in [5, 5.41) is 10.5. The van der Waals surface area contributed by atoms with Gasteiger partial charge in [-0.25, -0.2) is 0 Å². The van der Waals surface area contributed by atoms with Gasteiger partial charge in [0.1, 0.15) is 0 Å². The van der Waals surface area contributed by atoms with E-state index in [-0.39, 0.29) is 5.41 Å². The summed E-state index contributed by atoms with van der Waals surface area (Å²) in [6, 6.07) is 38.4. The Kier molecular flexibility index (Phi) is 4.62. The van der Waals surface area contributed by atoms with Crippen molar-refractivity contribution in [3.05, 3.63) is 126 Å². The van der Waals surface area contributed by atoms with Crippen LogP contribution in [0.4, 0.5) is 0 Å². The van der Waals surface area contributed by atoms with Crippen molar-refractivity contribution >= 4 is 43.1 Å². The van der Waals surface area contributed by atoms with Crippen LogP contribution in [-0.2, 0) is 11.8 Å². The van der Waals surface area contributed by atoms with Crippen LogP contribution < -0.4 is 0 Å². The molecule has 0 saturated heterocycles. The van der Waals surface area contributed by atoms with Crippen LogP contribution in [-0.4, -0.2) is 4.98 Å². The van der Waals surface area contributed by atoms with Crippen LogP contribution in [0.5, 0.6) is 0 Å². The van der Waals surface area contributed by atoms with Crippen LogP contribution in [0.15, 0.2) is 109 Å². The van der Waals surface area contributed by atoms with Gasteiger partial charge in [-0.2, -0.15) is 0 Å². The lowest BCUT2D eigenvalue weighted by Crippen LogP contribution is -2.15. The average molecular weight is 500 g/mol. The number of hydrogen-bond acceptors (Lipinski definition) is 1. The molecule has 1 aromatic heterocycles. The first-order valence-electron chi connectivity index (χ1n) is 13.9. The Balaban J connectivity index is 1.40. The molecule has 8 rings (SSSR count). The summed E-state index contributed by atoms with van der Waals surface area (Å²) in [6.07, 6.45) is 3.05. The van der Waals surface area contributed by atoms with E-state index in [0.29, 0.717) is 0 Å². The van der Waals surface area contributed by atoms with Crippen LogP contribution >= 0.6 is 0 Å². The van der Waals surface area contributed by atoms with Gasteiger partial charge in [-0.05, 0) is 84.1 Å². The van der Waals surface area contributed by atoms with Crippen molar-refractivity contribution in [3.63, 3.8) is 0 Å². The predicted octanol–water partition coefficient (Wildman–Crippen LogP) is 10.2. The molecule has 6 aromatic carbocycles. The number of aryl methyl sites for hydroxylation is 1. The van der Waals surface area contributed by atoms with Gasteiger partial charge in [-0.1, -0.05) is 112 Å². The highest BCUT2D eigenvalue weighted by molar-refractivity contribution is 6.29. The second kappa shape index (κ2) is 8.01. The molecule has 0 spiro atoms. The van der Waals surface area contributed by atoms with E-state index in [4.69, 9.17) is 4.98 Å². The standard InChI is InChI=1S/C38H29N/c1-4-23-13-14-25-22-39-35(21-26(25)19-23)24-15-16-32-34(20-24)38(2,3)33-18-17-31-29-11-6-5-9-27(29)28-10-7-8-12-30(28)36(31)37(32)33/h5-22H,4H2,1-3H3. The molecule has 39 heavy (non-hydrogen) atoms. The number of pyridine rings is 1. The summed E-state index contributed by atoms with van der Waals surface area (Å²) in [5.41, 5.74) is 8.99. The molecule has 0 atom stereocenters. The zero-order valence-corrected chi connectivity index (χ0v) is 22.5. The van der Waals surface area contributed by atoms with E-state index in [2.05, 4.69) is 124 Å². The van der Waals surface area contributed by atoms with Crippen molar-refractivity contribution < 1.29 is 0 Å². The molecule has 7 aromatic rings. The Hall–Kier alpha value is -4.49. The fourth-order valence-corrected chi connectivity index (χ4v) is 6.95. The molecule has 0 saturated carbocycles. The van der Waals surface area contributed by atoms with Crippen molar-refractivity contribution in [2.45, 2.75) is 32.6 Å². The summed E-state index contributed by atoms with van der Waals surface area (Å²) in [5.74, 6) is 0. The topological polar surface area (TPSA) is 12.9 Å². The lowest BCUT2D eigenvalue weighted by molar-refractivity contribution is 0.661. The minimum absolute atomic E-state index is 0.103. The molecule has 0 fully saturated rings. The molecule has 0 aliphatic heterocycles. The molecular formula is C38H29N. The Morgan fingerprint density at radius 1 is 0.615 bits per heavy atom. The number of aromatic nitrogens is 1. The van der Waals surface area contributed by atoms with E-state index >= 15 is 0 Å². The highest BCUT2D eigenvalue weighted by Gasteiger charge is 2.37. The maximum absolute atomic E-state index is 4.88. The van der Waals surface area contributed by atoms with E-state index in [9.17, 15) is 0 Å². The van der Waals surface area contributed by atoms with Crippen molar-refractivity contribution in [2.24, 2.45) is 0 Å². The smallest absolute Gasteiger partial charge is 0.0708 e. The number of benzene rings is 6. The second-order valence-corrected chi connectivity index (χ2v) is 11.5. The molecule has 0 amide bonds. The van der Waals surface area contributed by atoms with E-state index < -0.39 is 0 Å². The van der Waals surface area contributed by atoms with Gasteiger partial charge in [0.2, 0.25) is 0 Å². The molecule has 1 nitrogen and oxygen atoms in total. The molecule has 186 valence electrons. The molecule has 1 aliphatic rings. The van der Waals surface area contributed by atoms with E-state index in [1.54, 1.807) is 0 Å². The SMILES string of the molecule is CCc1ccc2cnc(-c3ccc4c(c3)C(C)(C)c3ccc5c6ccccc6c6ccccc6c5c3-4)cc2c1. The first kappa shape index (κ1) is 22.5. The molecule has 1 heterocycles. The third kappa shape index (κ3) is 3.11. The largest absolute Gasteiger partial charge is 0.256 e. The number of rotatable bonds is 2. The fourth-order valence-electron chi connectivity index (χ4n) is 6.95. The molecule has 0 radical (unpaired) electrons.